The number of nitrogens with one attached hydrogen (secondary N) is 1. The molecule has 2 aromatic rings. The Morgan fingerprint density at radius 2 is 2.10 bits per heavy atom. The van der Waals surface area contributed by atoms with Gasteiger partial charge in [0, 0.05) is 31.9 Å². The van der Waals surface area contributed by atoms with E-state index in [-0.39, 0.29) is 6.04 Å². The van der Waals surface area contributed by atoms with Crippen LogP contribution in [0, 0.1) is 0 Å². The van der Waals surface area contributed by atoms with Gasteiger partial charge in [-0.15, -0.1) is 0 Å². The van der Waals surface area contributed by atoms with Crippen molar-refractivity contribution in [3.8, 4) is 0 Å². The van der Waals surface area contributed by atoms with Crippen LogP contribution in [0.1, 0.15) is 36.8 Å². The Bertz CT molecular complexity index is 610. The van der Waals surface area contributed by atoms with Gasteiger partial charge in [0.15, 0.2) is 0 Å². The highest BCUT2D eigenvalue weighted by molar-refractivity contribution is 6.32. The highest BCUT2D eigenvalue weighted by Crippen LogP contribution is 2.29. The summed E-state index contributed by atoms with van der Waals surface area (Å²) in [6.07, 6.45) is 4.99. The normalized spacial score (nSPS) is 12.6. The Morgan fingerprint density at radius 1 is 1.33 bits per heavy atom. The Morgan fingerprint density at radius 3 is 2.67 bits per heavy atom. The molecule has 0 saturated carbocycles. The number of nitrogens with zero attached hydrogens (tertiary/aromatic N) is 3. The van der Waals surface area contributed by atoms with Crippen molar-refractivity contribution >= 4 is 23.2 Å². The molecular formula is C15H20Cl2N4. The number of likely N-dealkylation sites (N-methyl/N-ethyl adjacent to an activating group) is 1. The second kappa shape index (κ2) is 7.25. The van der Waals surface area contributed by atoms with Crippen LogP contribution < -0.4 is 5.32 Å². The molecule has 0 aliphatic rings. The monoisotopic (exact) mass is 326 g/mol. The SMILES string of the molecule is CCNC(Cc1c(Cl)c(CC)nn1C)c1ccncc1Cl. The molecule has 2 aromatic heterocycles. The lowest BCUT2D eigenvalue weighted by Crippen LogP contribution is -2.24. The molecule has 1 unspecified atom stereocenters. The predicted molar refractivity (Wildman–Crippen MR) is 87.0 cm³/mol. The summed E-state index contributed by atoms with van der Waals surface area (Å²) in [5.41, 5.74) is 2.99. The van der Waals surface area contributed by atoms with Gasteiger partial charge in [-0.05, 0) is 24.6 Å². The van der Waals surface area contributed by atoms with E-state index >= 15 is 0 Å². The van der Waals surface area contributed by atoms with Gasteiger partial charge in [-0.3, -0.25) is 9.67 Å². The zero-order valence-electron chi connectivity index (χ0n) is 12.5. The number of hydrogen-bond acceptors (Lipinski definition) is 3. The van der Waals surface area contributed by atoms with Crippen LogP contribution in [0.25, 0.3) is 0 Å². The molecule has 2 heterocycles. The maximum atomic E-state index is 6.44. The average Bonchev–Trinajstić information content (AvgIpc) is 2.74. The van der Waals surface area contributed by atoms with Gasteiger partial charge in [-0.25, -0.2) is 0 Å². The molecule has 6 heteroatoms. The fourth-order valence-electron chi connectivity index (χ4n) is 2.44. The number of pyridine rings is 1. The van der Waals surface area contributed by atoms with Crippen molar-refractivity contribution < 1.29 is 0 Å². The minimum atomic E-state index is 0.0862. The lowest BCUT2D eigenvalue weighted by molar-refractivity contribution is 0.528. The standard InChI is InChI=1S/C15H20Cl2N4/c1-4-12-15(17)14(21(3)20-12)8-13(19-5-2)10-6-7-18-9-11(10)16/h6-7,9,13,19H,4-5,8H2,1-3H3. The zero-order valence-corrected chi connectivity index (χ0v) is 14.0. The van der Waals surface area contributed by atoms with Gasteiger partial charge in [0.2, 0.25) is 0 Å². The number of halogens is 2. The minimum Gasteiger partial charge on any atom is -0.310 e. The van der Waals surface area contributed by atoms with E-state index in [4.69, 9.17) is 23.2 Å². The fraction of sp³-hybridized carbons (Fsp3) is 0.467. The maximum absolute atomic E-state index is 6.44. The molecule has 0 aliphatic carbocycles. The van der Waals surface area contributed by atoms with Gasteiger partial charge >= 0.3 is 0 Å². The summed E-state index contributed by atoms with van der Waals surface area (Å²) in [7, 11) is 1.93. The third-order valence-electron chi connectivity index (χ3n) is 3.53. The summed E-state index contributed by atoms with van der Waals surface area (Å²) in [6, 6.07) is 2.03. The van der Waals surface area contributed by atoms with Crippen LogP contribution in [0.3, 0.4) is 0 Å². The Kier molecular flexibility index (Phi) is 5.62. The summed E-state index contributed by atoms with van der Waals surface area (Å²) in [5.74, 6) is 0. The van der Waals surface area contributed by atoms with Gasteiger partial charge in [0.05, 0.1) is 21.4 Å². The van der Waals surface area contributed by atoms with E-state index in [1.807, 2.05) is 17.8 Å². The third-order valence-corrected chi connectivity index (χ3v) is 4.28. The molecule has 1 N–H and O–H groups in total. The summed E-state index contributed by atoms with van der Waals surface area (Å²) in [4.78, 5) is 4.04. The second-order valence-corrected chi connectivity index (χ2v) is 5.68. The van der Waals surface area contributed by atoms with Crippen LogP contribution in [0.15, 0.2) is 18.5 Å². The van der Waals surface area contributed by atoms with E-state index in [0.717, 1.165) is 41.4 Å². The molecule has 1 atom stereocenters. The van der Waals surface area contributed by atoms with Gasteiger partial charge in [-0.2, -0.15) is 5.10 Å². The Hall–Kier alpha value is -1.10. The molecule has 0 aliphatic heterocycles. The van der Waals surface area contributed by atoms with Crippen LogP contribution >= 0.6 is 23.2 Å². The minimum absolute atomic E-state index is 0.0862. The van der Waals surface area contributed by atoms with Gasteiger partial charge < -0.3 is 5.32 Å². The highest BCUT2D eigenvalue weighted by Gasteiger charge is 2.20. The Balaban J connectivity index is 2.33. The van der Waals surface area contributed by atoms with Gasteiger partial charge in [0.1, 0.15) is 0 Å². The van der Waals surface area contributed by atoms with Crippen molar-refractivity contribution in [1.29, 1.82) is 0 Å². The third kappa shape index (κ3) is 3.57. The quantitative estimate of drug-likeness (QED) is 0.882. The van der Waals surface area contributed by atoms with Crippen LogP contribution in [-0.2, 0) is 19.9 Å². The highest BCUT2D eigenvalue weighted by atomic mass is 35.5. The van der Waals surface area contributed by atoms with Crippen LogP contribution in [0.4, 0.5) is 0 Å². The smallest absolute Gasteiger partial charge is 0.0850 e. The van der Waals surface area contributed by atoms with Crippen molar-refractivity contribution in [3.05, 3.63) is 45.5 Å². The summed E-state index contributed by atoms with van der Waals surface area (Å²) in [6.45, 7) is 4.98. The number of rotatable bonds is 6. The molecule has 0 fully saturated rings. The van der Waals surface area contributed by atoms with E-state index in [1.54, 1.807) is 12.4 Å². The molecular weight excluding hydrogens is 307 g/mol. The summed E-state index contributed by atoms with van der Waals surface area (Å²) in [5, 5.41) is 9.35. The van der Waals surface area contributed by atoms with Crippen molar-refractivity contribution in [2.45, 2.75) is 32.7 Å². The van der Waals surface area contributed by atoms with E-state index in [1.165, 1.54) is 0 Å². The van der Waals surface area contributed by atoms with Crippen molar-refractivity contribution in [1.82, 2.24) is 20.1 Å². The molecule has 0 bridgehead atoms. The molecule has 114 valence electrons. The molecule has 0 aromatic carbocycles. The first-order valence-electron chi connectivity index (χ1n) is 7.11. The van der Waals surface area contributed by atoms with E-state index in [9.17, 15) is 0 Å². The molecule has 21 heavy (non-hydrogen) atoms. The van der Waals surface area contributed by atoms with Crippen LogP contribution in [-0.4, -0.2) is 21.3 Å². The first kappa shape index (κ1) is 16.3. The lowest BCUT2D eigenvalue weighted by atomic mass is 10.0. The maximum Gasteiger partial charge on any atom is 0.0850 e. The molecule has 0 amide bonds. The van der Waals surface area contributed by atoms with Gasteiger partial charge in [-0.1, -0.05) is 37.0 Å². The number of aryl methyl sites for hydroxylation is 2. The van der Waals surface area contributed by atoms with Gasteiger partial charge in [0.25, 0.3) is 0 Å². The molecule has 2 rings (SSSR count). The number of aromatic nitrogens is 3. The average molecular weight is 327 g/mol. The molecule has 4 nitrogen and oxygen atoms in total. The first-order valence-corrected chi connectivity index (χ1v) is 7.87. The zero-order chi connectivity index (χ0) is 15.4. The van der Waals surface area contributed by atoms with E-state index in [0.29, 0.717) is 5.02 Å². The van der Waals surface area contributed by atoms with Crippen molar-refractivity contribution in [3.63, 3.8) is 0 Å². The predicted octanol–water partition coefficient (Wildman–Crippen LogP) is 3.58. The topological polar surface area (TPSA) is 42.7 Å². The summed E-state index contributed by atoms with van der Waals surface area (Å²) < 4.78 is 1.86. The molecule has 0 saturated heterocycles. The first-order chi connectivity index (χ1) is 10.1. The Labute approximate surface area is 135 Å². The van der Waals surface area contributed by atoms with Crippen LogP contribution in [0.5, 0.6) is 0 Å². The largest absolute Gasteiger partial charge is 0.310 e. The lowest BCUT2D eigenvalue weighted by Gasteiger charge is -2.19. The fourth-order valence-corrected chi connectivity index (χ4v) is 3.06. The molecule has 0 radical (unpaired) electrons. The molecule has 0 spiro atoms. The van der Waals surface area contributed by atoms with Crippen molar-refractivity contribution in [2.75, 3.05) is 6.54 Å². The van der Waals surface area contributed by atoms with E-state index in [2.05, 4.69) is 29.2 Å². The van der Waals surface area contributed by atoms with Crippen LogP contribution in [0.2, 0.25) is 10.0 Å². The second-order valence-electron chi connectivity index (χ2n) is 4.90. The van der Waals surface area contributed by atoms with Crippen molar-refractivity contribution in [2.24, 2.45) is 7.05 Å². The summed E-state index contributed by atoms with van der Waals surface area (Å²) >= 11 is 12.7. The van der Waals surface area contributed by atoms with E-state index < -0.39 is 0 Å². The number of hydrogen-bond donors (Lipinski definition) is 1.